The highest BCUT2D eigenvalue weighted by atomic mass is 35.5. The number of halogens is 1. The largest absolute Gasteiger partial charge is 0.326 e. The van der Waals surface area contributed by atoms with E-state index in [1.54, 1.807) is 48.5 Å². The van der Waals surface area contributed by atoms with Crippen molar-refractivity contribution in [3.05, 3.63) is 53.6 Å². The smallest absolute Gasteiger partial charge is 0.239 e. The molecule has 0 bridgehead atoms. The molecule has 136 valence electrons. The molecule has 0 fully saturated rings. The number of nitrogens with one attached hydrogen (secondary N) is 3. The highest BCUT2D eigenvalue weighted by Gasteiger charge is 2.36. The van der Waals surface area contributed by atoms with E-state index in [-0.39, 0.29) is 5.91 Å². The number of amides is 3. The summed E-state index contributed by atoms with van der Waals surface area (Å²) in [6, 6.07) is 13.3. The molecule has 3 amide bonds. The Labute approximate surface area is 156 Å². The summed E-state index contributed by atoms with van der Waals surface area (Å²) in [6.45, 7) is 4.46. The molecule has 3 N–H and O–H groups in total. The minimum atomic E-state index is -1.32. The number of benzene rings is 2. The molecule has 0 saturated carbocycles. The van der Waals surface area contributed by atoms with E-state index in [4.69, 9.17) is 11.6 Å². The number of hydrogen-bond acceptors (Lipinski definition) is 3. The molecule has 0 spiro atoms. The Bertz CT molecular complexity index is 832. The van der Waals surface area contributed by atoms with Gasteiger partial charge in [-0.1, -0.05) is 17.7 Å². The van der Waals surface area contributed by atoms with E-state index in [0.717, 1.165) is 0 Å². The van der Waals surface area contributed by atoms with E-state index in [9.17, 15) is 14.4 Å². The van der Waals surface area contributed by atoms with Gasteiger partial charge in [-0.3, -0.25) is 14.4 Å². The van der Waals surface area contributed by atoms with E-state index in [1.807, 2.05) is 0 Å². The average Bonchev–Trinajstić information content (AvgIpc) is 2.56. The minimum Gasteiger partial charge on any atom is -0.326 e. The molecule has 6 nitrogen and oxygen atoms in total. The molecule has 2 rings (SSSR count). The van der Waals surface area contributed by atoms with Gasteiger partial charge in [0.25, 0.3) is 0 Å². The van der Waals surface area contributed by atoms with Crippen molar-refractivity contribution in [3.63, 3.8) is 0 Å². The molecular formula is C19H20ClN3O3. The van der Waals surface area contributed by atoms with Crippen molar-refractivity contribution in [3.8, 4) is 0 Å². The zero-order valence-electron chi connectivity index (χ0n) is 14.7. The maximum absolute atomic E-state index is 12.6. The van der Waals surface area contributed by atoms with Crippen LogP contribution in [0.15, 0.2) is 48.5 Å². The van der Waals surface area contributed by atoms with Gasteiger partial charge < -0.3 is 16.0 Å². The Morgan fingerprint density at radius 2 is 1.31 bits per heavy atom. The van der Waals surface area contributed by atoms with Crippen LogP contribution in [-0.4, -0.2) is 17.7 Å². The minimum absolute atomic E-state index is 0.212. The van der Waals surface area contributed by atoms with Gasteiger partial charge >= 0.3 is 0 Å². The lowest BCUT2D eigenvalue weighted by atomic mass is 9.90. The Kier molecular flexibility index (Phi) is 6.00. The van der Waals surface area contributed by atoms with E-state index in [1.165, 1.54) is 20.8 Å². The van der Waals surface area contributed by atoms with E-state index in [0.29, 0.717) is 22.1 Å². The third-order valence-electron chi connectivity index (χ3n) is 3.68. The summed E-state index contributed by atoms with van der Waals surface area (Å²) in [4.78, 5) is 36.2. The van der Waals surface area contributed by atoms with E-state index in [2.05, 4.69) is 16.0 Å². The first-order valence-corrected chi connectivity index (χ1v) is 8.32. The predicted octanol–water partition coefficient (Wildman–Crippen LogP) is 3.90. The highest BCUT2D eigenvalue weighted by molar-refractivity contribution is 6.30. The van der Waals surface area contributed by atoms with Gasteiger partial charge in [0.2, 0.25) is 17.7 Å². The Morgan fingerprint density at radius 3 is 1.85 bits per heavy atom. The summed E-state index contributed by atoms with van der Waals surface area (Å²) < 4.78 is 0. The molecule has 2 aromatic rings. The van der Waals surface area contributed by atoms with Gasteiger partial charge in [-0.25, -0.2) is 0 Å². The molecule has 0 saturated heterocycles. The van der Waals surface area contributed by atoms with Gasteiger partial charge in [0.1, 0.15) is 5.41 Å². The molecule has 0 atom stereocenters. The summed E-state index contributed by atoms with van der Waals surface area (Å²) in [5.74, 6) is -1.13. The normalized spacial score (nSPS) is 10.8. The number of anilines is 3. The average molecular weight is 374 g/mol. The molecule has 0 aliphatic rings. The first-order chi connectivity index (χ1) is 12.2. The fourth-order valence-electron chi connectivity index (χ4n) is 2.09. The molecule has 0 heterocycles. The monoisotopic (exact) mass is 373 g/mol. The zero-order chi connectivity index (χ0) is 19.3. The molecule has 2 aromatic carbocycles. The molecular weight excluding hydrogens is 354 g/mol. The summed E-state index contributed by atoms with van der Waals surface area (Å²) in [5.41, 5.74) is 0.268. The second kappa shape index (κ2) is 8.01. The van der Waals surface area contributed by atoms with Crippen LogP contribution >= 0.6 is 11.6 Å². The van der Waals surface area contributed by atoms with Crippen molar-refractivity contribution < 1.29 is 14.4 Å². The molecule has 0 aromatic heterocycles. The third kappa shape index (κ3) is 5.07. The Balaban J connectivity index is 2.07. The standard InChI is InChI=1S/C19H20ClN3O3/c1-12(24)21-15-5-4-6-16(11-15)23-18(26)19(2,3)17(25)22-14-9-7-13(20)8-10-14/h4-11H,1-3H3,(H,21,24)(H,22,25)(H,23,26). The zero-order valence-corrected chi connectivity index (χ0v) is 15.5. The SMILES string of the molecule is CC(=O)Nc1cccc(NC(=O)C(C)(C)C(=O)Nc2ccc(Cl)cc2)c1. The van der Waals surface area contributed by atoms with E-state index < -0.39 is 17.2 Å². The van der Waals surface area contributed by atoms with Gasteiger partial charge in [0.15, 0.2) is 0 Å². The third-order valence-corrected chi connectivity index (χ3v) is 3.93. The molecule has 0 radical (unpaired) electrons. The summed E-state index contributed by atoms with van der Waals surface area (Å²) in [6.07, 6.45) is 0. The highest BCUT2D eigenvalue weighted by Crippen LogP contribution is 2.23. The van der Waals surface area contributed by atoms with Gasteiger partial charge in [-0.05, 0) is 56.3 Å². The van der Waals surface area contributed by atoms with Crippen LogP contribution in [0.2, 0.25) is 5.02 Å². The Morgan fingerprint density at radius 1 is 0.808 bits per heavy atom. The fraction of sp³-hybridized carbons (Fsp3) is 0.211. The maximum Gasteiger partial charge on any atom is 0.239 e. The fourth-order valence-corrected chi connectivity index (χ4v) is 2.21. The van der Waals surface area contributed by atoms with Gasteiger partial charge in [0, 0.05) is 29.0 Å². The van der Waals surface area contributed by atoms with Crippen molar-refractivity contribution in [2.24, 2.45) is 5.41 Å². The topological polar surface area (TPSA) is 87.3 Å². The molecule has 0 aliphatic carbocycles. The van der Waals surface area contributed by atoms with Crippen LogP contribution in [0, 0.1) is 5.41 Å². The van der Waals surface area contributed by atoms with Crippen molar-refractivity contribution in [1.29, 1.82) is 0 Å². The molecule has 0 aliphatic heterocycles. The number of carbonyl (C=O) groups is 3. The van der Waals surface area contributed by atoms with Crippen molar-refractivity contribution in [2.75, 3.05) is 16.0 Å². The van der Waals surface area contributed by atoms with Crippen LogP contribution < -0.4 is 16.0 Å². The van der Waals surface area contributed by atoms with Crippen molar-refractivity contribution in [2.45, 2.75) is 20.8 Å². The van der Waals surface area contributed by atoms with Crippen LogP contribution in [0.5, 0.6) is 0 Å². The lowest BCUT2D eigenvalue weighted by molar-refractivity contribution is -0.135. The van der Waals surface area contributed by atoms with Crippen LogP contribution in [0.3, 0.4) is 0 Å². The number of hydrogen-bond donors (Lipinski definition) is 3. The van der Waals surface area contributed by atoms with Crippen molar-refractivity contribution in [1.82, 2.24) is 0 Å². The van der Waals surface area contributed by atoms with Crippen LogP contribution in [0.4, 0.5) is 17.1 Å². The van der Waals surface area contributed by atoms with Crippen LogP contribution in [0.1, 0.15) is 20.8 Å². The quantitative estimate of drug-likeness (QED) is 0.694. The number of rotatable bonds is 5. The number of carbonyl (C=O) groups excluding carboxylic acids is 3. The lowest BCUT2D eigenvalue weighted by Crippen LogP contribution is -2.41. The maximum atomic E-state index is 12.6. The molecule has 26 heavy (non-hydrogen) atoms. The van der Waals surface area contributed by atoms with Crippen molar-refractivity contribution >= 4 is 46.4 Å². The van der Waals surface area contributed by atoms with Crippen LogP contribution in [-0.2, 0) is 14.4 Å². The summed E-state index contributed by atoms with van der Waals surface area (Å²) in [7, 11) is 0. The van der Waals surface area contributed by atoms with Crippen LogP contribution in [0.25, 0.3) is 0 Å². The summed E-state index contributed by atoms with van der Waals surface area (Å²) >= 11 is 5.82. The van der Waals surface area contributed by atoms with Gasteiger partial charge in [0.05, 0.1) is 0 Å². The lowest BCUT2D eigenvalue weighted by Gasteiger charge is -2.23. The second-order valence-electron chi connectivity index (χ2n) is 6.30. The predicted molar refractivity (Wildman–Crippen MR) is 103 cm³/mol. The van der Waals surface area contributed by atoms with E-state index >= 15 is 0 Å². The Hall–Kier alpha value is -2.86. The first-order valence-electron chi connectivity index (χ1n) is 7.94. The molecule has 0 unspecified atom stereocenters. The second-order valence-corrected chi connectivity index (χ2v) is 6.74. The first kappa shape index (κ1) is 19.5. The summed E-state index contributed by atoms with van der Waals surface area (Å²) in [5, 5.41) is 8.59. The van der Waals surface area contributed by atoms with Gasteiger partial charge in [-0.2, -0.15) is 0 Å². The molecule has 7 heteroatoms. The van der Waals surface area contributed by atoms with Gasteiger partial charge in [-0.15, -0.1) is 0 Å².